The first-order chi connectivity index (χ1) is 5.43. The number of amides is 1. The van der Waals surface area contributed by atoms with Gasteiger partial charge in [-0.2, -0.15) is 0 Å². The SMILES string of the molecule is CC[C@@H](N)C(=O)NS(=O)(=O)CC. The molecule has 0 saturated carbocycles. The molecule has 1 amide bonds. The number of carbonyl (C=O) groups is 1. The molecule has 0 aromatic carbocycles. The molecule has 0 bridgehead atoms. The molecule has 72 valence electrons. The van der Waals surface area contributed by atoms with Gasteiger partial charge in [-0.15, -0.1) is 0 Å². The Labute approximate surface area is 72.4 Å². The summed E-state index contributed by atoms with van der Waals surface area (Å²) in [6.45, 7) is 3.16. The van der Waals surface area contributed by atoms with Gasteiger partial charge in [-0.05, 0) is 13.3 Å². The minimum absolute atomic E-state index is 0.116. The molecule has 0 aliphatic carbocycles. The molecule has 0 saturated heterocycles. The molecule has 0 aliphatic rings. The molecule has 0 aliphatic heterocycles. The van der Waals surface area contributed by atoms with Crippen LogP contribution in [-0.2, 0) is 14.8 Å². The van der Waals surface area contributed by atoms with Gasteiger partial charge >= 0.3 is 0 Å². The van der Waals surface area contributed by atoms with Crippen LogP contribution in [0.3, 0.4) is 0 Å². The molecule has 0 fully saturated rings. The fraction of sp³-hybridized carbons (Fsp3) is 0.833. The normalized spacial score (nSPS) is 13.9. The number of sulfonamides is 1. The van der Waals surface area contributed by atoms with Crippen LogP contribution < -0.4 is 10.5 Å². The Hall–Kier alpha value is -0.620. The first-order valence-electron chi connectivity index (χ1n) is 3.72. The lowest BCUT2D eigenvalue weighted by molar-refractivity contribution is -0.120. The van der Waals surface area contributed by atoms with Crippen molar-refractivity contribution in [3.05, 3.63) is 0 Å². The summed E-state index contributed by atoms with van der Waals surface area (Å²) in [5.41, 5.74) is 5.30. The predicted octanol–water partition coefficient (Wildman–Crippen LogP) is -0.810. The van der Waals surface area contributed by atoms with E-state index in [-0.39, 0.29) is 5.75 Å². The maximum Gasteiger partial charge on any atom is 0.250 e. The van der Waals surface area contributed by atoms with Crippen LogP contribution in [0.15, 0.2) is 0 Å². The Bertz CT molecular complexity index is 248. The fourth-order valence-corrected chi connectivity index (χ4v) is 1.09. The number of carbonyl (C=O) groups excluding carboxylic acids is 1. The second kappa shape index (κ2) is 4.42. The summed E-state index contributed by atoms with van der Waals surface area (Å²) in [6.07, 6.45) is 0.422. The summed E-state index contributed by atoms with van der Waals surface area (Å²) in [4.78, 5) is 10.9. The summed E-state index contributed by atoms with van der Waals surface area (Å²) in [5, 5.41) is 0. The molecule has 0 heterocycles. The van der Waals surface area contributed by atoms with Crippen molar-refractivity contribution in [1.82, 2.24) is 4.72 Å². The molecular formula is C6H14N2O3S. The van der Waals surface area contributed by atoms with Gasteiger partial charge in [0.1, 0.15) is 0 Å². The lowest BCUT2D eigenvalue weighted by atomic mass is 10.2. The second-order valence-electron chi connectivity index (χ2n) is 2.38. The molecule has 0 aromatic rings. The van der Waals surface area contributed by atoms with Crippen LogP contribution in [0, 0.1) is 0 Å². The number of nitrogens with one attached hydrogen (secondary N) is 1. The molecule has 0 spiro atoms. The van der Waals surface area contributed by atoms with Crippen molar-refractivity contribution in [3.8, 4) is 0 Å². The molecule has 12 heavy (non-hydrogen) atoms. The van der Waals surface area contributed by atoms with Crippen molar-refractivity contribution < 1.29 is 13.2 Å². The van der Waals surface area contributed by atoms with Gasteiger partial charge in [-0.25, -0.2) is 8.42 Å². The van der Waals surface area contributed by atoms with Crippen molar-refractivity contribution >= 4 is 15.9 Å². The van der Waals surface area contributed by atoms with Crippen molar-refractivity contribution in [2.24, 2.45) is 5.73 Å². The summed E-state index contributed by atoms with van der Waals surface area (Å²) >= 11 is 0. The smallest absolute Gasteiger partial charge is 0.250 e. The monoisotopic (exact) mass is 194 g/mol. The van der Waals surface area contributed by atoms with Crippen LogP contribution in [0.2, 0.25) is 0 Å². The number of nitrogens with two attached hydrogens (primary N) is 1. The van der Waals surface area contributed by atoms with Crippen molar-refractivity contribution in [3.63, 3.8) is 0 Å². The second-order valence-corrected chi connectivity index (χ2v) is 4.40. The third kappa shape index (κ3) is 3.68. The van der Waals surface area contributed by atoms with E-state index < -0.39 is 22.0 Å². The molecule has 0 aromatic heterocycles. The lowest BCUT2D eigenvalue weighted by Gasteiger charge is -2.08. The third-order valence-corrected chi connectivity index (χ3v) is 2.68. The topological polar surface area (TPSA) is 89.3 Å². The van der Waals surface area contributed by atoms with E-state index in [1.165, 1.54) is 6.92 Å². The summed E-state index contributed by atoms with van der Waals surface area (Å²) in [6, 6.07) is -0.744. The summed E-state index contributed by atoms with van der Waals surface area (Å²) in [7, 11) is -3.45. The minimum atomic E-state index is -3.45. The van der Waals surface area contributed by atoms with Gasteiger partial charge in [0.25, 0.3) is 0 Å². The summed E-state index contributed by atoms with van der Waals surface area (Å²) in [5.74, 6) is -0.755. The van der Waals surface area contributed by atoms with Crippen LogP contribution in [0.5, 0.6) is 0 Å². The Kier molecular flexibility index (Phi) is 4.19. The standard InChI is InChI=1S/C6H14N2O3S/c1-3-5(7)6(9)8-12(10,11)4-2/h5H,3-4,7H2,1-2H3,(H,8,9)/t5-/m1/s1. The van der Waals surface area contributed by atoms with Crippen LogP contribution >= 0.6 is 0 Å². The van der Waals surface area contributed by atoms with Crippen LogP contribution in [0.1, 0.15) is 20.3 Å². The van der Waals surface area contributed by atoms with E-state index in [4.69, 9.17) is 5.73 Å². The zero-order valence-electron chi connectivity index (χ0n) is 7.20. The fourth-order valence-electron chi connectivity index (χ4n) is 0.487. The Balaban J connectivity index is 4.20. The highest BCUT2D eigenvalue weighted by molar-refractivity contribution is 7.90. The predicted molar refractivity (Wildman–Crippen MR) is 45.9 cm³/mol. The molecule has 3 N–H and O–H groups in total. The first-order valence-corrected chi connectivity index (χ1v) is 5.38. The highest BCUT2D eigenvalue weighted by Crippen LogP contribution is 1.89. The van der Waals surface area contributed by atoms with Crippen LogP contribution in [0.25, 0.3) is 0 Å². The van der Waals surface area contributed by atoms with E-state index in [2.05, 4.69) is 0 Å². The largest absolute Gasteiger partial charge is 0.320 e. The van der Waals surface area contributed by atoms with E-state index in [0.717, 1.165) is 0 Å². The lowest BCUT2D eigenvalue weighted by Crippen LogP contribution is -2.43. The molecule has 0 radical (unpaired) electrons. The number of rotatable bonds is 4. The van der Waals surface area contributed by atoms with Crippen LogP contribution in [-0.4, -0.2) is 26.1 Å². The van der Waals surface area contributed by atoms with Crippen molar-refractivity contribution in [2.45, 2.75) is 26.3 Å². The maximum atomic E-state index is 10.9. The zero-order valence-corrected chi connectivity index (χ0v) is 8.02. The van der Waals surface area contributed by atoms with Gasteiger partial charge < -0.3 is 5.73 Å². The number of hydrogen-bond donors (Lipinski definition) is 2. The molecule has 0 rings (SSSR count). The first kappa shape index (κ1) is 11.4. The van der Waals surface area contributed by atoms with E-state index in [1.807, 2.05) is 4.72 Å². The van der Waals surface area contributed by atoms with Crippen molar-refractivity contribution in [1.29, 1.82) is 0 Å². The molecule has 6 heteroatoms. The maximum absolute atomic E-state index is 10.9. The Morgan fingerprint density at radius 2 is 2.00 bits per heavy atom. The van der Waals surface area contributed by atoms with Gasteiger partial charge in [0.15, 0.2) is 0 Å². The molecule has 0 unspecified atom stereocenters. The third-order valence-electron chi connectivity index (χ3n) is 1.41. The highest BCUT2D eigenvalue weighted by Gasteiger charge is 2.16. The molecule has 1 atom stereocenters. The molecular weight excluding hydrogens is 180 g/mol. The van der Waals surface area contributed by atoms with Gasteiger partial charge in [0.05, 0.1) is 11.8 Å². The number of hydrogen-bond acceptors (Lipinski definition) is 4. The van der Waals surface area contributed by atoms with Gasteiger partial charge in [-0.3, -0.25) is 9.52 Å². The van der Waals surface area contributed by atoms with Crippen LogP contribution in [0.4, 0.5) is 0 Å². The highest BCUT2D eigenvalue weighted by atomic mass is 32.2. The summed E-state index contributed by atoms with van der Waals surface area (Å²) < 4.78 is 23.6. The van der Waals surface area contributed by atoms with E-state index in [1.54, 1.807) is 6.92 Å². The zero-order chi connectivity index (χ0) is 9.78. The van der Waals surface area contributed by atoms with E-state index in [9.17, 15) is 13.2 Å². The van der Waals surface area contributed by atoms with Crippen molar-refractivity contribution in [2.75, 3.05) is 5.75 Å². The quantitative estimate of drug-likeness (QED) is 0.612. The Morgan fingerprint density at radius 3 is 2.33 bits per heavy atom. The van der Waals surface area contributed by atoms with E-state index in [0.29, 0.717) is 6.42 Å². The van der Waals surface area contributed by atoms with E-state index >= 15 is 0 Å². The van der Waals surface area contributed by atoms with Gasteiger partial charge in [0.2, 0.25) is 15.9 Å². The van der Waals surface area contributed by atoms with Gasteiger partial charge in [0, 0.05) is 0 Å². The minimum Gasteiger partial charge on any atom is -0.320 e. The Morgan fingerprint density at radius 1 is 1.50 bits per heavy atom. The average Bonchev–Trinajstić information content (AvgIpc) is 2.02. The molecule has 5 nitrogen and oxygen atoms in total. The van der Waals surface area contributed by atoms with Gasteiger partial charge in [-0.1, -0.05) is 6.92 Å². The average molecular weight is 194 g/mol.